The number of carbonyl (C=O) groups is 1. The van der Waals surface area contributed by atoms with Gasteiger partial charge in [0.05, 0.1) is 0 Å². The van der Waals surface area contributed by atoms with Gasteiger partial charge in [-0.05, 0) is 11.1 Å². The Hall–Kier alpha value is -2.13. The fourth-order valence-electron chi connectivity index (χ4n) is 1.83. The molecule has 3 nitrogen and oxygen atoms in total. The van der Waals surface area contributed by atoms with Gasteiger partial charge in [-0.25, -0.2) is 0 Å². The van der Waals surface area contributed by atoms with Crippen LogP contribution in [-0.2, 0) is 17.8 Å². The van der Waals surface area contributed by atoms with Crippen molar-refractivity contribution in [2.24, 2.45) is 0 Å². The summed E-state index contributed by atoms with van der Waals surface area (Å²) >= 11 is 0. The predicted molar refractivity (Wildman–Crippen MR) is 74.4 cm³/mol. The first-order valence-electron chi connectivity index (χ1n) is 6.29. The molecule has 2 aromatic rings. The first kappa shape index (κ1) is 13.3. The fourth-order valence-corrected chi connectivity index (χ4v) is 1.83. The second-order valence-electron chi connectivity index (χ2n) is 4.41. The van der Waals surface area contributed by atoms with Crippen LogP contribution < -0.4 is 5.32 Å². The maximum Gasteiger partial charge on any atom is 0.249 e. The van der Waals surface area contributed by atoms with Gasteiger partial charge in [-0.2, -0.15) is 0 Å². The molecule has 2 N–H and O–H groups in total. The average molecular weight is 255 g/mol. The second kappa shape index (κ2) is 6.71. The second-order valence-corrected chi connectivity index (χ2v) is 4.41. The molecule has 0 aliphatic carbocycles. The van der Waals surface area contributed by atoms with Crippen LogP contribution in [0.4, 0.5) is 0 Å². The van der Waals surface area contributed by atoms with Crippen LogP contribution in [0.1, 0.15) is 11.1 Å². The summed E-state index contributed by atoms with van der Waals surface area (Å²) in [6.07, 6.45) is -0.673. The molecular weight excluding hydrogens is 238 g/mol. The summed E-state index contributed by atoms with van der Waals surface area (Å²) in [6.45, 7) is 0.436. The van der Waals surface area contributed by atoms with Crippen LogP contribution in [0.15, 0.2) is 60.7 Å². The first-order chi connectivity index (χ1) is 9.25. The van der Waals surface area contributed by atoms with Gasteiger partial charge in [0, 0.05) is 13.0 Å². The largest absolute Gasteiger partial charge is 0.383 e. The highest BCUT2D eigenvalue weighted by Crippen LogP contribution is 2.04. The van der Waals surface area contributed by atoms with Crippen molar-refractivity contribution in [3.8, 4) is 0 Å². The van der Waals surface area contributed by atoms with Gasteiger partial charge in [-0.3, -0.25) is 4.79 Å². The molecule has 0 aliphatic heterocycles. The molecule has 0 unspecified atom stereocenters. The Morgan fingerprint density at radius 2 is 1.47 bits per heavy atom. The predicted octanol–water partition coefficient (Wildman–Crippen LogP) is 1.91. The number of nitrogens with one attached hydrogen (secondary N) is 1. The Labute approximate surface area is 112 Å². The topological polar surface area (TPSA) is 49.3 Å². The maximum absolute atomic E-state index is 11.8. The smallest absolute Gasteiger partial charge is 0.249 e. The van der Waals surface area contributed by atoms with Crippen LogP contribution in [0.5, 0.6) is 0 Å². The average Bonchev–Trinajstić information content (AvgIpc) is 2.47. The normalized spacial score (nSPS) is 11.8. The summed E-state index contributed by atoms with van der Waals surface area (Å²) in [5, 5.41) is 12.6. The van der Waals surface area contributed by atoms with Gasteiger partial charge in [0.1, 0.15) is 6.10 Å². The summed E-state index contributed by atoms with van der Waals surface area (Å²) in [4.78, 5) is 11.8. The Balaban J connectivity index is 1.83. The van der Waals surface area contributed by atoms with Crippen LogP contribution in [0.2, 0.25) is 0 Å². The summed E-state index contributed by atoms with van der Waals surface area (Å²) in [5.74, 6) is -0.340. The minimum absolute atomic E-state index is 0.335. The quantitative estimate of drug-likeness (QED) is 0.857. The van der Waals surface area contributed by atoms with E-state index in [-0.39, 0.29) is 5.91 Å². The molecule has 0 radical (unpaired) electrons. The van der Waals surface area contributed by atoms with Crippen LogP contribution in [-0.4, -0.2) is 17.1 Å². The van der Waals surface area contributed by atoms with Crippen molar-refractivity contribution in [1.82, 2.24) is 5.32 Å². The number of hydrogen-bond donors (Lipinski definition) is 2. The molecule has 0 heterocycles. The van der Waals surface area contributed by atoms with E-state index in [9.17, 15) is 9.90 Å². The number of benzene rings is 2. The summed E-state index contributed by atoms with van der Waals surface area (Å²) < 4.78 is 0. The third-order valence-corrected chi connectivity index (χ3v) is 2.88. The van der Waals surface area contributed by atoms with Gasteiger partial charge in [0.25, 0.3) is 0 Å². The third-order valence-electron chi connectivity index (χ3n) is 2.88. The van der Waals surface area contributed by atoms with Gasteiger partial charge < -0.3 is 10.4 Å². The van der Waals surface area contributed by atoms with Crippen molar-refractivity contribution in [2.75, 3.05) is 0 Å². The first-order valence-corrected chi connectivity index (χ1v) is 6.29. The number of rotatable bonds is 5. The molecule has 0 aromatic heterocycles. The lowest BCUT2D eigenvalue weighted by Gasteiger charge is -2.11. The van der Waals surface area contributed by atoms with Gasteiger partial charge in [0.2, 0.25) is 5.91 Å². The van der Waals surface area contributed by atoms with E-state index in [1.54, 1.807) is 0 Å². The number of aliphatic hydroxyl groups excluding tert-OH is 1. The number of hydrogen-bond acceptors (Lipinski definition) is 2. The molecular formula is C16H17NO2. The van der Waals surface area contributed by atoms with E-state index in [1.807, 2.05) is 60.7 Å². The van der Waals surface area contributed by atoms with Crippen LogP contribution in [0.3, 0.4) is 0 Å². The summed E-state index contributed by atoms with van der Waals surface area (Å²) in [6, 6.07) is 19.1. The van der Waals surface area contributed by atoms with E-state index in [1.165, 1.54) is 0 Å². The van der Waals surface area contributed by atoms with Crippen molar-refractivity contribution in [2.45, 2.75) is 19.1 Å². The van der Waals surface area contributed by atoms with Gasteiger partial charge in [-0.1, -0.05) is 60.7 Å². The SMILES string of the molecule is O=C(NCc1ccccc1)[C@H](O)Cc1ccccc1. The lowest BCUT2D eigenvalue weighted by atomic mass is 10.1. The van der Waals surface area contributed by atoms with Crippen LogP contribution in [0, 0.1) is 0 Å². The molecule has 3 heteroatoms. The van der Waals surface area contributed by atoms with Crippen molar-refractivity contribution < 1.29 is 9.90 Å². The molecule has 19 heavy (non-hydrogen) atoms. The lowest BCUT2D eigenvalue weighted by Crippen LogP contribution is -2.35. The Kier molecular flexibility index (Phi) is 4.70. The minimum Gasteiger partial charge on any atom is -0.383 e. The van der Waals surface area contributed by atoms with E-state index in [0.717, 1.165) is 11.1 Å². The summed E-state index contributed by atoms with van der Waals surface area (Å²) in [7, 11) is 0. The van der Waals surface area contributed by atoms with E-state index < -0.39 is 6.10 Å². The van der Waals surface area contributed by atoms with Gasteiger partial charge in [-0.15, -0.1) is 0 Å². The lowest BCUT2D eigenvalue weighted by molar-refractivity contribution is -0.129. The summed E-state index contributed by atoms with van der Waals surface area (Å²) in [5.41, 5.74) is 1.97. The maximum atomic E-state index is 11.8. The zero-order chi connectivity index (χ0) is 13.5. The highest BCUT2D eigenvalue weighted by atomic mass is 16.3. The Morgan fingerprint density at radius 3 is 2.05 bits per heavy atom. The number of carbonyl (C=O) groups excluding carboxylic acids is 1. The van der Waals surface area contributed by atoms with Gasteiger partial charge in [0.15, 0.2) is 0 Å². The molecule has 0 saturated carbocycles. The van der Waals surface area contributed by atoms with Crippen LogP contribution >= 0.6 is 0 Å². The Morgan fingerprint density at radius 1 is 0.947 bits per heavy atom. The molecule has 0 aliphatic rings. The zero-order valence-corrected chi connectivity index (χ0v) is 10.6. The van der Waals surface area contributed by atoms with E-state index >= 15 is 0 Å². The van der Waals surface area contributed by atoms with E-state index in [4.69, 9.17) is 0 Å². The highest BCUT2D eigenvalue weighted by Gasteiger charge is 2.14. The van der Waals surface area contributed by atoms with Crippen molar-refractivity contribution in [3.63, 3.8) is 0 Å². The number of amides is 1. The Bertz CT molecular complexity index is 511. The monoisotopic (exact) mass is 255 g/mol. The molecule has 2 rings (SSSR count). The third kappa shape index (κ3) is 4.23. The van der Waals surface area contributed by atoms with Gasteiger partial charge >= 0.3 is 0 Å². The van der Waals surface area contributed by atoms with E-state index in [2.05, 4.69) is 5.32 Å². The molecule has 0 spiro atoms. The molecule has 1 atom stereocenters. The standard InChI is InChI=1S/C16H17NO2/c18-15(11-13-7-3-1-4-8-13)16(19)17-12-14-9-5-2-6-10-14/h1-10,15,18H,11-12H2,(H,17,19)/t15-/m1/s1. The van der Waals surface area contributed by atoms with Crippen molar-refractivity contribution in [1.29, 1.82) is 0 Å². The minimum atomic E-state index is -1.01. The number of aliphatic hydroxyl groups is 1. The van der Waals surface area contributed by atoms with Crippen LogP contribution in [0.25, 0.3) is 0 Å². The molecule has 98 valence electrons. The molecule has 0 bridgehead atoms. The zero-order valence-electron chi connectivity index (χ0n) is 10.6. The molecule has 2 aromatic carbocycles. The van der Waals surface area contributed by atoms with E-state index in [0.29, 0.717) is 13.0 Å². The fraction of sp³-hybridized carbons (Fsp3) is 0.188. The molecule has 1 amide bonds. The molecule has 0 fully saturated rings. The highest BCUT2D eigenvalue weighted by molar-refractivity contribution is 5.80. The van der Waals surface area contributed by atoms with Crippen molar-refractivity contribution in [3.05, 3.63) is 71.8 Å². The van der Waals surface area contributed by atoms with Crippen molar-refractivity contribution >= 4 is 5.91 Å². The molecule has 0 saturated heterocycles.